The van der Waals surface area contributed by atoms with E-state index < -0.39 is 0 Å². The number of aromatic nitrogens is 1. The van der Waals surface area contributed by atoms with Crippen molar-refractivity contribution in [3.63, 3.8) is 0 Å². The molecule has 1 atom stereocenters. The molecule has 5 nitrogen and oxygen atoms in total. The van der Waals surface area contributed by atoms with E-state index >= 15 is 0 Å². The first-order valence-electron chi connectivity index (χ1n) is 7.73. The molecule has 0 spiro atoms. The fraction of sp³-hybridized carbons (Fsp3) is 0.412. The van der Waals surface area contributed by atoms with Crippen molar-refractivity contribution in [2.75, 3.05) is 18.0 Å². The minimum absolute atomic E-state index is 0.129. The van der Waals surface area contributed by atoms with Gasteiger partial charge in [0.2, 0.25) is 0 Å². The Balaban J connectivity index is 1.66. The second kappa shape index (κ2) is 6.64. The first-order valence-corrected chi connectivity index (χ1v) is 7.73. The van der Waals surface area contributed by atoms with Gasteiger partial charge in [0.05, 0.1) is 30.3 Å². The van der Waals surface area contributed by atoms with Gasteiger partial charge in [0.1, 0.15) is 5.76 Å². The lowest BCUT2D eigenvalue weighted by atomic mass is 10.00. The van der Waals surface area contributed by atoms with Gasteiger partial charge in [0, 0.05) is 19.3 Å². The third-order valence-electron chi connectivity index (χ3n) is 4.01. The van der Waals surface area contributed by atoms with E-state index in [1.54, 1.807) is 18.5 Å². The van der Waals surface area contributed by atoms with Crippen LogP contribution < -0.4 is 10.2 Å². The Kier molecular flexibility index (Phi) is 4.42. The van der Waals surface area contributed by atoms with Gasteiger partial charge in [0.15, 0.2) is 0 Å². The monoisotopic (exact) mass is 299 g/mol. The highest BCUT2D eigenvalue weighted by Gasteiger charge is 2.18. The Hall–Kier alpha value is -2.30. The zero-order valence-corrected chi connectivity index (χ0v) is 12.8. The molecule has 0 saturated carbocycles. The van der Waals surface area contributed by atoms with Gasteiger partial charge in [-0.05, 0) is 37.0 Å². The van der Waals surface area contributed by atoms with E-state index in [0.29, 0.717) is 18.0 Å². The molecule has 22 heavy (non-hydrogen) atoms. The van der Waals surface area contributed by atoms with Gasteiger partial charge in [-0.1, -0.05) is 6.92 Å². The second-order valence-electron chi connectivity index (χ2n) is 5.89. The van der Waals surface area contributed by atoms with Crippen LogP contribution in [-0.2, 0) is 6.54 Å². The lowest BCUT2D eigenvalue weighted by Crippen LogP contribution is -2.34. The second-order valence-corrected chi connectivity index (χ2v) is 5.89. The highest BCUT2D eigenvalue weighted by Crippen LogP contribution is 2.22. The SMILES string of the molecule is CC1CCCN(c2cncc(C(=O)NCc3ccco3)c2)C1. The van der Waals surface area contributed by atoms with E-state index in [9.17, 15) is 4.79 Å². The fourth-order valence-electron chi connectivity index (χ4n) is 2.83. The standard InChI is InChI=1S/C17H21N3O2/c1-13-4-2-6-20(12-13)15-8-14(9-18-10-15)17(21)19-11-16-5-3-7-22-16/h3,5,7-10,13H,2,4,6,11-12H2,1H3,(H,19,21). The first-order chi connectivity index (χ1) is 10.7. The number of carbonyl (C=O) groups excluding carboxylic acids is 1. The first kappa shape index (κ1) is 14.6. The topological polar surface area (TPSA) is 58.4 Å². The molecule has 3 heterocycles. The van der Waals surface area contributed by atoms with Gasteiger partial charge in [0.25, 0.3) is 5.91 Å². The molecular weight excluding hydrogens is 278 g/mol. The van der Waals surface area contributed by atoms with Gasteiger partial charge in [-0.2, -0.15) is 0 Å². The minimum Gasteiger partial charge on any atom is -0.467 e. The summed E-state index contributed by atoms with van der Waals surface area (Å²) >= 11 is 0. The fourth-order valence-corrected chi connectivity index (χ4v) is 2.83. The number of hydrogen-bond donors (Lipinski definition) is 1. The number of anilines is 1. The summed E-state index contributed by atoms with van der Waals surface area (Å²) in [5.74, 6) is 1.29. The largest absolute Gasteiger partial charge is 0.467 e. The predicted molar refractivity (Wildman–Crippen MR) is 84.7 cm³/mol. The summed E-state index contributed by atoms with van der Waals surface area (Å²) in [6.07, 6.45) is 7.50. The van der Waals surface area contributed by atoms with Crippen molar-refractivity contribution in [3.05, 3.63) is 48.2 Å². The maximum atomic E-state index is 12.2. The van der Waals surface area contributed by atoms with Crippen LogP contribution in [0, 0.1) is 5.92 Å². The molecule has 0 aliphatic carbocycles. The van der Waals surface area contributed by atoms with Crippen LogP contribution in [0.4, 0.5) is 5.69 Å². The third-order valence-corrected chi connectivity index (χ3v) is 4.01. The maximum absolute atomic E-state index is 12.2. The molecule has 1 saturated heterocycles. The minimum atomic E-state index is -0.129. The number of nitrogens with one attached hydrogen (secondary N) is 1. The number of rotatable bonds is 4. The summed E-state index contributed by atoms with van der Waals surface area (Å²) in [7, 11) is 0. The van der Waals surface area contributed by atoms with E-state index in [1.807, 2.05) is 18.3 Å². The Morgan fingerprint density at radius 1 is 1.50 bits per heavy atom. The molecule has 2 aromatic heterocycles. The van der Waals surface area contributed by atoms with Crippen LogP contribution in [0.25, 0.3) is 0 Å². The Labute approximate surface area is 130 Å². The molecule has 2 aromatic rings. The van der Waals surface area contributed by atoms with Crippen LogP contribution in [0.2, 0.25) is 0 Å². The molecule has 1 aliphatic rings. The molecule has 1 unspecified atom stereocenters. The summed E-state index contributed by atoms with van der Waals surface area (Å²) < 4.78 is 5.21. The van der Waals surface area contributed by atoms with E-state index in [2.05, 4.69) is 22.1 Å². The van der Waals surface area contributed by atoms with Crippen LogP contribution in [0.3, 0.4) is 0 Å². The van der Waals surface area contributed by atoms with Crippen LogP contribution in [0.1, 0.15) is 35.9 Å². The summed E-state index contributed by atoms with van der Waals surface area (Å²) in [6.45, 7) is 4.71. The number of hydrogen-bond acceptors (Lipinski definition) is 4. The zero-order valence-electron chi connectivity index (χ0n) is 12.8. The molecule has 3 rings (SSSR count). The number of carbonyl (C=O) groups is 1. The molecule has 116 valence electrons. The lowest BCUT2D eigenvalue weighted by Gasteiger charge is -2.32. The van der Waals surface area contributed by atoms with Crippen LogP contribution in [-0.4, -0.2) is 24.0 Å². The van der Waals surface area contributed by atoms with Crippen molar-refractivity contribution in [2.24, 2.45) is 5.92 Å². The Bertz CT molecular complexity index is 625. The molecular formula is C17H21N3O2. The summed E-state index contributed by atoms with van der Waals surface area (Å²) in [5, 5.41) is 2.85. The van der Waals surface area contributed by atoms with Gasteiger partial charge in [-0.3, -0.25) is 9.78 Å². The molecule has 0 bridgehead atoms. The summed E-state index contributed by atoms with van der Waals surface area (Å²) in [4.78, 5) is 18.8. The smallest absolute Gasteiger partial charge is 0.253 e. The summed E-state index contributed by atoms with van der Waals surface area (Å²) in [5.41, 5.74) is 1.61. The molecule has 1 aliphatic heterocycles. The number of amides is 1. The number of furan rings is 1. The van der Waals surface area contributed by atoms with E-state index in [4.69, 9.17) is 4.42 Å². The van der Waals surface area contributed by atoms with E-state index in [1.165, 1.54) is 12.8 Å². The van der Waals surface area contributed by atoms with Crippen molar-refractivity contribution in [1.82, 2.24) is 10.3 Å². The highest BCUT2D eigenvalue weighted by atomic mass is 16.3. The number of nitrogens with zero attached hydrogens (tertiary/aromatic N) is 2. The highest BCUT2D eigenvalue weighted by molar-refractivity contribution is 5.94. The van der Waals surface area contributed by atoms with Gasteiger partial charge in [-0.25, -0.2) is 0 Å². The van der Waals surface area contributed by atoms with Crippen LogP contribution in [0.15, 0.2) is 41.3 Å². The van der Waals surface area contributed by atoms with Gasteiger partial charge in [-0.15, -0.1) is 0 Å². The van der Waals surface area contributed by atoms with Crippen molar-refractivity contribution < 1.29 is 9.21 Å². The maximum Gasteiger partial charge on any atom is 0.253 e. The Morgan fingerprint density at radius 2 is 2.41 bits per heavy atom. The lowest BCUT2D eigenvalue weighted by molar-refractivity contribution is 0.0947. The van der Waals surface area contributed by atoms with Crippen LogP contribution >= 0.6 is 0 Å². The van der Waals surface area contributed by atoms with Crippen molar-refractivity contribution in [1.29, 1.82) is 0 Å². The van der Waals surface area contributed by atoms with Crippen molar-refractivity contribution in [2.45, 2.75) is 26.3 Å². The molecule has 1 N–H and O–H groups in total. The molecule has 1 amide bonds. The normalized spacial score (nSPS) is 18.2. The number of pyridine rings is 1. The average Bonchev–Trinajstić information content (AvgIpc) is 3.06. The molecule has 0 radical (unpaired) electrons. The van der Waals surface area contributed by atoms with E-state index in [0.717, 1.165) is 24.5 Å². The quantitative estimate of drug-likeness (QED) is 0.943. The molecule has 5 heteroatoms. The van der Waals surface area contributed by atoms with E-state index in [-0.39, 0.29) is 5.91 Å². The predicted octanol–water partition coefficient (Wildman–Crippen LogP) is 2.84. The third kappa shape index (κ3) is 3.47. The number of piperidine rings is 1. The van der Waals surface area contributed by atoms with Crippen LogP contribution in [0.5, 0.6) is 0 Å². The molecule has 1 fully saturated rings. The van der Waals surface area contributed by atoms with Gasteiger partial charge < -0.3 is 14.6 Å². The van der Waals surface area contributed by atoms with Crippen molar-refractivity contribution in [3.8, 4) is 0 Å². The zero-order chi connectivity index (χ0) is 15.4. The average molecular weight is 299 g/mol. The Morgan fingerprint density at radius 3 is 3.18 bits per heavy atom. The molecule has 0 aromatic carbocycles. The van der Waals surface area contributed by atoms with Crippen molar-refractivity contribution >= 4 is 11.6 Å². The summed E-state index contributed by atoms with van der Waals surface area (Å²) in [6, 6.07) is 5.56. The van der Waals surface area contributed by atoms with Gasteiger partial charge >= 0.3 is 0 Å².